The monoisotopic (exact) mass is 236 g/mol. The van der Waals surface area contributed by atoms with Crippen LogP contribution >= 0.6 is 0 Å². The van der Waals surface area contributed by atoms with Gasteiger partial charge in [0.1, 0.15) is 5.60 Å². The van der Waals surface area contributed by atoms with Gasteiger partial charge in [-0.3, -0.25) is 4.79 Å². The van der Waals surface area contributed by atoms with Crippen molar-refractivity contribution in [1.82, 2.24) is 0 Å². The van der Waals surface area contributed by atoms with E-state index in [0.29, 0.717) is 18.4 Å². The van der Waals surface area contributed by atoms with Gasteiger partial charge >= 0.3 is 11.9 Å². The molecule has 2 aliphatic carbocycles. The third-order valence-electron chi connectivity index (χ3n) is 4.57. The molecular formula is C13H16O4. The number of hydrogen-bond acceptors (Lipinski definition) is 4. The van der Waals surface area contributed by atoms with Crippen molar-refractivity contribution < 1.29 is 19.1 Å². The molecule has 3 aliphatic rings. The molecule has 1 aliphatic heterocycles. The molecule has 3 fully saturated rings. The molecule has 0 N–H and O–H groups in total. The summed E-state index contributed by atoms with van der Waals surface area (Å²) in [7, 11) is 0. The van der Waals surface area contributed by atoms with E-state index in [4.69, 9.17) is 9.47 Å². The summed E-state index contributed by atoms with van der Waals surface area (Å²) in [4.78, 5) is 23.3. The topological polar surface area (TPSA) is 52.6 Å². The molecule has 4 atom stereocenters. The summed E-state index contributed by atoms with van der Waals surface area (Å²) in [6.45, 7) is 3.93. The van der Waals surface area contributed by atoms with E-state index in [1.807, 2.05) is 0 Å². The number of hydrogen-bond donors (Lipinski definition) is 0. The highest BCUT2D eigenvalue weighted by Gasteiger charge is 2.64. The van der Waals surface area contributed by atoms with Crippen LogP contribution < -0.4 is 0 Å². The van der Waals surface area contributed by atoms with Crippen molar-refractivity contribution in [2.24, 2.45) is 17.8 Å². The summed E-state index contributed by atoms with van der Waals surface area (Å²) in [6, 6.07) is 0. The number of esters is 2. The van der Waals surface area contributed by atoms with Gasteiger partial charge < -0.3 is 9.47 Å². The van der Waals surface area contributed by atoms with Gasteiger partial charge in [-0.2, -0.15) is 0 Å². The first-order valence-corrected chi connectivity index (χ1v) is 6.18. The van der Waals surface area contributed by atoms with Gasteiger partial charge in [-0.1, -0.05) is 6.58 Å². The number of cyclic esters (lactones) is 1. The fourth-order valence-electron chi connectivity index (χ4n) is 3.96. The van der Waals surface area contributed by atoms with E-state index in [1.165, 1.54) is 6.08 Å². The zero-order valence-corrected chi connectivity index (χ0v) is 9.69. The van der Waals surface area contributed by atoms with Crippen LogP contribution in [-0.2, 0) is 19.1 Å². The van der Waals surface area contributed by atoms with Crippen LogP contribution in [0.2, 0.25) is 0 Å². The minimum atomic E-state index is -0.599. The Morgan fingerprint density at radius 2 is 2.35 bits per heavy atom. The fourth-order valence-corrected chi connectivity index (χ4v) is 3.96. The zero-order chi connectivity index (χ0) is 12.0. The largest absolute Gasteiger partial charge is 0.465 e. The molecule has 4 heteroatoms. The lowest BCUT2D eigenvalue weighted by Gasteiger charge is -2.39. The van der Waals surface area contributed by atoms with Crippen LogP contribution in [0.5, 0.6) is 0 Å². The molecule has 4 unspecified atom stereocenters. The normalized spacial score (nSPS) is 42.8. The number of ether oxygens (including phenoxy) is 2. The number of rotatable bonds is 2. The summed E-state index contributed by atoms with van der Waals surface area (Å²) in [5.74, 6) is 0.0250. The number of carbonyl (C=O) groups is 2. The Kier molecular flexibility index (Phi) is 2.28. The van der Waals surface area contributed by atoms with Gasteiger partial charge in [-0.15, -0.1) is 0 Å². The second-order valence-electron chi connectivity index (χ2n) is 5.29. The molecule has 92 valence electrons. The first-order valence-electron chi connectivity index (χ1n) is 6.18. The van der Waals surface area contributed by atoms with Crippen molar-refractivity contribution in [3.8, 4) is 0 Å². The highest BCUT2D eigenvalue weighted by atomic mass is 16.6. The van der Waals surface area contributed by atoms with Gasteiger partial charge in [-0.25, -0.2) is 4.79 Å². The Morgan fingerprint density at radius 3 is 3.12 bits per heavy atom. The van der Waals surface area contributed by atoms with Crippen LogP contribution in [0.15, 0.2) is 12.7 Å². The maximum atomic E-state index is 11.9. The second kappa shape index (κ2) is 3.59. The average molecular weight is 236 g/mol. The van der Waals surface area contributed by atoms with Crippen LogP contribution in [0.3, 0.4) is 0 Å². The van der Waals surface area contributed by atoms with E-state index in [0.717, 1.165) is 25.7 Å². The number of fused-ring (bicyclic) bond motifs is 5. The summed E-state index contributed by atoms with van der Waals surface area (Å²) in [6.07, 6.45) is 4.74. The molecule has 3 rings (SSSR count). The maximum Gasteiger partial charge on any atom is 0.330 e. The van der Waals surface area contributed by atoms with Crippen LogP contribution in [0.25, 0.3) is 0 Å². The standard InChI is InChI=1S/C13H16O4/c1-2-10(14)17-13-5-3-8(7-13)9-4-6-16-12(15)11(9)13/h2,8-9,11H,1,3-7H2. The maximum absolute atomic E-state index is 11.9. The third kappa shape index (κ3) is 1.43. The van der Waals surface area contributed by atoms with Crippen molar-refractivity contribution in [2.45, 2.75) is 31.3 Å². The van der Waals surface area contributed by atoms with E-state index in [-0.39, 0.29) is 11.9 Å². The van der Waals surface area contributed by atoms with Gasteiger partial charge in [-0.05, 0) is 37.5 Å². The van der Waals surface area contributed by atoms with E-state index < -0.39 is 11.6 Å². The summed E-state index contributed by atoms with van der Waals surface area (Å²) >= 11 is 0. The molecule has 0 aromatic rings. The average Bonchev–Trinajstić information content (AvgIpc) is 2.85. The lowest BCUT2D eigenvalue weighted by Crippen LogP contribution is -2.48. The minimum Gasteiger partial charge on any atom is -0.465 e. The molecule has 0 aromatic heterocycles. The number of carbonyl (C=O) groups excluding carboxylic acids is 2. The first kappa shape index (κ1) is 10.8. The lowest BCUT2D eigenvalue weighted by molar-refractivity contribution is -0.179. The Morgan fingerprint density at radius 1 is 1.53 bits per heavy atom. The quantitative estimate of drug-likeness (QED) is 0.538. The van der Waals surface area contributed by atoms with Crippen molar-refractivity contribution in [3.05, 3.63) is 12.7 Å². The van der Waals surface area contributed by atoms with E-state index in [2.05, 4.69) is 6.58 Å². The smallest absolute Gasteiger partial charge is 0.330 e. The molecule has 2 bridgehead atoms. The van der Waals surface area contributed by atoms with Gasteiger partial charge in [0.15, 0.2) is 0 Å². The molecule has 0 aromatic carbocycles. The predicted molar refractivity (Wildman–Crippen MR) is 58.9 cm³/mol. The Labute approximate surface area is 100.0 Å². The highest BCUT2D eigenvalue weighted by molar-refractivity contribution is 5.83. The SMILES string of the molecule is C=CC(=O)OC12CCC(C1)C1CCOC(=O)C12. The van der Waals surface area contributed by atoms with Crippen molar-refractivity contribution >= 4 is 11.9 Å². The van der Waals surface area contributed by atoms with E-state index in [1.54, 1.807) is 0 Å². The summed E-state index contributed by atoms with van der Waals surface area (Å²) in [5, 5.41) is 0. The van der Waals surface area contributed by atoms with Crippen LogP contribution in [-0.4, -0.2) is 24.1 Å². The minimum absolute atomic E-state index is 0.180. The third-order valence-corrected chi connectivity index (χ3v) is 4.57. The highest BCUT2D eigenvalue weighted by Crippen LogP contribution is 2.59. The molecule has 1 saturated heterocycles. The van der Waals surface area contributed by atoms with Crippen molar-refractivity contribution in [2.75, 3.05) is 6.61 Å². The van der Waals surface area contributed by atoms with Crippen molar-refractivity contribution in [3.63, 3.8) is 0 Å². The Balaban J connectivity index is 1.90. The van der Waals surface area contributed by atoms with Gasteiger partial charge in [0.2, 0.25) is 0 Å². The Bertz CT molecular complexity index is 389. The van der Waals surface area contributed by atoms with Crippen LogP contribution in [0, 0.1) is 17.8 Å². The molecule has 0 spiro atoms. The molecule has 17 heavy (non-hydrogen) atoms. The molecular weight excluding hydrogens is 220 g/mol. The van der Waals surface area contributed by atoms with Crippen LogP contribution in [0.4, 0.5) is 0 Å². The fraction of sp³-hybridized carbons (Fsp3) is 0.692. The molecule has 0 radical (unpaired) electrons. The second-order valence-corrected chi connectivity index (χ2v) is 5.29. The van der Waals surface area contributed by atoms with Gasteiger partial charge in [0.05, 0.1) is 12.5 Å². The molecule has 1 heterocycles. The van der Waals surface area contributed by atoms with Gasteiger partial charge in [0, 0.05) is 6.08 Å². The van der Waals surface area contributed by atoms with Crippen LogP contribution in [0.1, 0.15) is 25.7 Å². The van der Waals surface area contributed by atoms with E-state index in [9.17, 15) is 9.59 Å². The zero-order valence-electron chi connectivity index (χ0n) is 9.69. The molecule has 4 nitrogen and oxygen atoms in total. The summed E-state index contributed by atoms with van der Waals surface area (Å²) < 4.78 is 10.6. The first-order chi connectivity index (χ1) is 8.16. The van der Waals surface area contributed by atoms with Crippen molar-refractivity contribution in [1.29, 1.82) is 0 Å². The van der Waals surface area contributed by atoms with Gasteiger partial charge in [0.25, 0.3) is 0 Å². The Hall–Kier alpha value is -1.32. The molecule has 0 amide bonds. The lowest BCUT2D eigenvalue weighted by atomic mass is 9.74. The molecule has 2 saturated carbocycles. The summed E-state index contributed by atoms with van der Waals surface area (Å²) in [5.41, 5.74) is -0.599. The van der Waals surface area contributed by atoms with E-state index >= 15 is 0 Å². The predicted octanol–water partition coefficient (Wildman–Crippen LogP) is 1.45.